The number of carbonyl (C=O) groups excluding carboxylic acids is 1. The fourth-order valence-corrected chi connectivity index (χ4v) is 4.47. The van der Waals surface area contributed by atoms with Gasteiger partial charge in [0.1, 0.15) is 11.6 Å². The maximum absolute atomic E-state index is 14.4. The van der Waals surface area contributed by atoms with Gasteiger partial charge in [-0.2, -0.15) is 0 Å². The molecule has 1 saturated carbocycles. The quantitative estimate of drug-likeness (QED) is 0.709. The number of benzene rings is 1. The van der Waals surface area contributed by atoms with E-state index in [0.717, 1.165) is 68.7 Å². The number of nitrogens with zero attached hydrogens (tertiary/aromatic N) is 3. The van der Waals surface area contributed by atoms with Crippen LogP contribution >= 0.6 is 24.8 Å². The molecule has 3 N–H and O–H groups in total. The van der Waals surface area contributed by atoms with Crippen LogP contribution in [0.5, 0.6) is 0 Å². The number of nitrogens with one attached hydrogen (secondary N) is 1. The van der Waals surface area contributed by atoms with Crippen LogP contribution in [0.3, 0.4) is 0 Å². The summed E-state index contributed by atoms with van der Waals surface area (Å²) in [6.07, 6.45) is 7.82. The number of nitrogens with two attached hydrogens (primary N) is 1. The number of anilines is 1. The van der Waals surface area contributed by atoms with E-state index in [2.05, 4.69) is 20.1 Å². The van der Waals surface area contributed by atoms with Crippen LogP contribution in [0.1, 0.15) is 57.7 Å². The molecule has 2 aromatic rings. The van der Waals surface area contributed by atoms with Gasteiger partial charge in [-0.15, -0.1) is 35.0 Å². The van der Waals surface area contributed by atoms with Crippen molar-refractivity contribution in [2.24, 2.45) is 11.7 Å². The Hall–Kier alpha value is -1.70. The third-order valence-electron chi connectivity index (χ3n) is 6.16. The average Bonchev–Trinajstić information content (AvgIpc) is 2.91. The summed E-state index contributed by atoms with van der Waals surface area (Å²) in [5.41, 5.74) is 6.72. The number of aryl methyl sites for hydroxylation is 1. The molecule has 2 atom stereocenters. The summed E-state index contributed by atoms with van der Waals surface area (Å²) < 4.78 is 16.6. The van der Waals surface area contributed by atoms with Crippen molar-refractivity contribution in [2.75, 3.05) is 5.32 Å². The van der Waals surface area contributed by atoms with Crippen molar-refractivity contribution in [3.8, 4) is 11.4 Å². The fraction of sp³-hybridized carbons (Fsp3) is 0.571. The zero-order chi connectivity index (χ0) is 19.7. The summed E-state index contributed by atoms with van der Waals surface area (Å²) in [5, 5.41) is 11.4. The second kappa shape index (κ2) is 10.1. The Morgan fingerprint density at radius 1 is 1.20 bits per heavy atom. The second-order valence-corrected chi connectivity index (χ2v) is 8.39. The first-order valence-corrected chi connectivity index (χ1v) is 10.3. The minimum absolute atomic E-state index is 0. The Kier molecular flexibility index (Phi) is 8.25. The molecular weight excluding hydrogens is 428 g/mol. The Balaban J connectivity index is 0.00000160. The SMILES string of the molecule is CC1(N)CCCCC1C(=O)Nc1cc(-c2nnc3n2CCCCC3)ccc1F.Cl.Cl. The molecule has 1 aliphatic heterocycles. The first-order valence-electron chi connectivity index (χ1n) is 10.3. The third-order valence-corrected chi connectivity index (χ3v) is 6.16. The highest BCUT2D eigenvalue weighted by atomic mass is 35.5. The van der Waals surface area contributed by atoms with E-state index in [0.29, 0.717) is 0 Å². The Morgan fingerprint density at radius 2 is 2.00 bits per heavy atom. The van der Waals surface area contributed by atoms with Crippen LogP contribution in [0.25, 0.3) is 11.4 Å². The van der Waals surface area contributed by atoms with Gasteiger partial charge in [0.2, 0.25) is 5.91 Å². The smallest absolute Gasteiger partial charge is 0.229 e. The van der Waals surface area contributed by atoms with E-state index in [1.54, 1.807) is 12.1 Å². The van der Waals surface area contributed by atoms with Crippen molar-refractivity contribution < 1.29 is 9.18 Å². The van der Waals surface area contributed by atoms with Crippen molar-refractivity contribution >= 4 is 36.4 Å². The number of rotatable bonds is 3. The fourth-order valence-electron chi connectivity index (χ4n) is 4.47. The van der Waals surface area contributed by atoms with Crippen LogP contribution in [-0.4, -0.2) is 26.2 Å². The summed E-state index contributed by atoms with van der Waals surface area (Å²) in [4.78, 5) is 12.8. The first-order chi connectivity index (χ1) is 13.5. The first kappa shape index (κ1) is 24.6. The van der Waals surface area contributed by atoms with Crippen molar-refractivity contribution in [1.29, 1.82) is 0 Å². The summed E-state index contributed by atoms with van der Waals surface area (Å²) in [6, 6.07) is 4.73. The Morgan fingerprint density at radius 3 is 2.77 bits per heavy atom. The van der Waals surface area contributed by atoms with Crippen LogP contribution in [0, 0.1) is 11.7 Å². The molecule has 0 bridgehead atoms. The molecule has 2 unspecified atom stereocenters. The number of amides is 1. The number of hydrogen-bond donors (Lipinski definition) is 2. The number of halogens is 3. The molecule has 166 valence electrons. The summed E-state index contributed by atoms with van der Waals surface area (Å²) in [6.45, 7) is 2.78. The van der Waals surface area contributed by atoms with Crippen LogP contribution < -0.4 is 11.1 Å². The van der Waals surface area contributed by atoms with Gasteiger partial charge in [-0.25, -0.2) is 4.39 Å². The van der Waals surface area contributed by atoms with Gasteiger partial charge in [0.25, 0.3) is 0 Å². The Labute approximate surface area is 189 Å². The third kappa shape index (κ3) is 4.95. The number of carbonyl (C=O) groups is 1. The lowest BCUT2D eigenvalue weighted by Crippen LogP contribution is -2.51. The zero-order valence-corrected chi connectivity index (χ0v) is 18.8. The number of fused-ring (bicyclic) bond motifs is 1. The van der Waals surface area contributed by atoms with E-state index < -0.39 is 11.4 Å². The maximum Gasteiger partial charge on any atom is 0.229 e. The van der Waals surface area contributed by atoms with Crippen LogP contribution in [0.15, 0.2) is 18.2 Å². The van der Waals surface area contributed by atoms with E-state index in [9.17, 15) is 9.18 Å². The molecule has 9 heteroatoms. The van der Waals surface area contributed by atoms with Crippen molar-refractivity contribution in [3.05, 3.63) is 29.8 Å². The predicted octanol–water partition coefficient (Wildman–Crippen LogP) is 4.50. The van der Waals surface area contributed by atoms with Gasteiger partial charge < -0.3 is 15.6 Å². The molecule has 6 nitrogen and oxygen atoms in total. The van der Waals surface area contributed by atoms with Crippen LogP contribution in [0.2, 0.25) is 0 Å². The van der Waals surface area contributed by atoms with Crippen molar-refractivity contribution in [2.45, 2.75) is 70.4 Å². The molecule has 1 aromatic heterocycles. The van der Waals surface area contributed by atoms with E-state index in [4.69, 9.17) is 5.73 Å². The molecule has 0 saturated heterocycles. The van der Waals surface area contributed by atoms with Gasteiger partial charge in [-0.1, -0.05) is 19.3 Å². The average molecular weight is 458 g/mol. The standard InChI is InChI=1S/C21H28FN5O.2ClH/c1-21(23)11-5-4-7-15(21)20(28)24-17-13-14(9-10-16(17)22)19-26-25-18-8-3-2-6-12-27(18)19;;/h9-10,13,15H,2-8,11-12,23H2,1H3,(H,24,28);2*1H. The molecular formula is C21H30Cl2FN5O. The predicted molar refractivity (Wildman–Crippen MR) is 121 cm³/mol. The molecule has 4 rings (SSSR count). The summed E-state index contributed by atoms with van der Waals surface area (Å²) in [5.74, 6) is 0.731. The topological polar surface area (TPSA) is 85.8 Å². The molecule has 1 aromatic carbocycles. The highest BCUT2D eigenvalue weighted by Crippen LogP contribution is 2.33. The number of hydrogen-bond acceptors (Lipinski definition) is 4. The maximum atomic E-state index is 14.4. The van der Waals surface area contributed by atoms with Gasteiger partial charge >= 0.3 is 0 Å². The molecule has 2 aliphatic rings. The molecule has 0 spiro atoms. The van der Waals surface area contributed by atoms with Crippen molar-refractivity contribution in [1.82, 2.24) is 14.8 Å². The van der Waals surface area contributed by atoms with Gasteiger partial charge in [0, 0.05) is 24.1 Å². The van der Waals surface area contributed by atoms with Gasteiger partial charge in [0.05, 0.1) is 11.6 Å². The van der Waals surface area contributed by atoms with E-state index >= 15 is 0 Å². The van der Waals surface area contributed by atoms with Gasteiger partial charge in [0.15, 0.2) is 5.82 Å². The Bertz CT molecular complexity index is 886. The molecule has 0 radical (unpaired) electrons. The largest absolute Gasteiger partial charge is 0.325 e. The van der Waals surface area contributed by atoms with Crippen LogP contribution in [-0.2, 0) is 17.8 Å². The monoisotopic (exact) mass is 457 g/mol. The molecule has 30 heavy (non-hydrogen) atoms. The zero-order valence-electron chi connectivity index (χ0n) is 17.2. The molecule has 1 amide bonds. The van der Waals surface area contributed by atoms with Crippen molar-refractivity contribution in [3.63, 3.8) is 0 Å². The van der Waals surface area contributed by atoms with E-state index in [1.165, 1.54) is 12.5 Å². The summed E-state index contributed by atoms with van der Waals surface area (Å²) in [7, 11) is 0. The highest BCUT2D eigenvalue weighted by Gasteiger charge is 2.38. The van der Waals surface area contributed by atoms with Gasteiger partial charge in [-0.05, 0) is 50.8 Å². The summed E-state index contributed by atoms with van der Waals surface area (Å²) >= 11 is 0. The lowest BCUT2D eigenvalue weighted by Gasteiger charge is -2.37. The lowest BCUT2D eigenvalue weighted by atomic mass is 9.74. The minimum Gasteiger partial charge on any atom is -0.325 e. The number of aromatic nitrogens is 3. The van der Waals surface area contributed by atoms with Crippen LogP contribution in [0.4, 0.5) is 10.1 Å². The normalized spacial score (nSPS) is 23.4. The minimum atomic E-state index is -0.555. The molecule has 2 heterocycles. The second-order valence-electron chi connectivity index (χ2n) is 8.39. The van der Waals surface area contributed by atoms with E-state index in [1.807, 2.05) is 6.92 Å². The molecule has 1 fully saturated rings. The van der Waals surface area contributed by atoms with Gasteiger partial charge in [-0.3, -0.25) is 4.79 Å². The highest BCUT2D eigenvalue weighted by molar-refractivity contribution is 5.94. The van der Waals surface area contributed by atoms with E-state index in [-0.39, 0.29) is 42.3 Å². The molecule has 1 aliphatic carbocycles. The lowest BCUT2D eigenvalue weighted by molar-refractivity contribution is -0.122.